The minimum absolute atomic E-state index is 0.278. The number of phenols is 1. The first-order valence-corrected chi connectivity index (χ1v) is 6.52. The first kappa shape index (κ1) is 11.2. The molecule has 0 spiro atoms. The lowest BCUT2D eigenvalue weighted by Crippen LogP contribution is -1.93. The molecule has 0 radical (unpaired) electrons. The molecule has 3 aromatic rings. The summed E-state index contributed by atoms with van der Waals surface area (Å²) in [5, 5.41) is 23.4. The number of hydrogen-bond donors (Lipinski definition) is 1. The Morgan fingerprint density at radius 3 is 2.94 bits per heavy atom. The molecule has 0 amide bonds. The Morgan fingerprint density at radius 2 is 2.17 bits per heavy atom. The Kier molecular flexibility index (Phi) is 2.52. The molecular formula is C12H12N4OS. The van der Waals surface area contributed by atoms with Gasteiger partial charge in [-0.25, -0.2) is 0 Å². The van der Waals surface area contributed by atoms with Gasteiger partial charge in [-0.3, -0.25) is 0 Å². The molecule has 0 atom stereocenters. The second-order valence-corrected chi connectivity index (χ2v) is 5.00. The van der Waals surface area contributed by atoms with Crippen LogP contribution in [0.5, 0.6) is 5.75 Å². The molecule has 1 aromatic carbocycles. The minimum atomic E-state index is 0.278. The van der Waals surface area contributed by atoms with Crippen LogP contribution in [0.1, 0.15) is 18.3 Å². The SMILES string of the molecule is CCc1nnc2sc(-c3cccc(C)c3O)nn12. The van der Waals surface area contributed by atoms with Gasteiger partial charge in [0.15, 0.2) is 10.8 Å². The smallest absolute Gasteiger partial charge is 0.234 e. The van der Waals surface area contributed by atoms with Gasteiger partial charge in [-0.15, -0.1) is 10.2 Å². The lowest BCUT2D eigenvalue weighted by atomic mass is 10.1. The summed E-state index contributed by atoms with van der Waals surface area (Å²) >= 11 is 1.43. The van der Waals surface area contributed by atoms with Crippen LogP contribution >= 0.6 is 11.3 Å². The van der Waals surface area contributed by atoms with Crippen LogP contribution in [0.25, 0.3) is 15.5 Å². The van der Waals surface area contributed by atoms with Crippen LogP contribution in [0.4, 0.5) is 0 Å². The minimum Gasteiger partial charge on any atom is -0.507 e. The molecule has 0 bridgehead atoms. The van der Waals surface area contributed by atoms with E-state index in [1.165, 1.54) is 11.3 Å². The number of aromatic nitrogens is 4. The average Bonchev–Trinajstić information content (AvgIpc) is 2.92. The van der Waals surface area contributed by atoms with Crippen molar-refractivity contribution in [1.82, 2.24) is 19.8 Å². The summed E-state index contributed by atoms with van der Waals surface area (Å²) < 4.78 is 1.74. The number of nitrogens with zero attached hydrogens (tertiary/aromatic N) is 4. The number of aryl methyl sites for hydroxylation is 2. The van der Waals surface area contributed by atoms with Gasteiger partial charge < -0.3 is 5.11 Å². The molecule has 2 aromatic heterocycles. The summed E-state index contributed by atoms with van der Waals surface area (Å²) in [6.45, 7) is 3.89. The molecule has 0 aliphatic heterocycles. The molecule has 5 nitrogen and oxygen atoms in total. The molecule has 0 fully saturated rings. The standard InChI is InChI=1S/C12H12N4OS/c1-3-9-13-14-12-16(9)15-11(18-12)8-6-4-5-7(2)10(8)17/h4-6,17H,3H2,1-2H3. The van der Waals surface area contributed by atoms with Crippen LogP contribution < -0.4 is 0 Å². The van der Waals surface area contributed by atoms with E-state index in [1.807, 2.05) is 32.0 Å². The Bertz CT molecular complexity index is 716. The molecular weight excluding hydrogens is 248 g/mol. The fourth-order valence-corrected chi connectivity index (χ4v) is 2.70. The van der Waals surface area contributed by atoms with Crippen molar-refractivity contribution in [2.24, 2.45) is 0 Å². The van der Waals surface area contributed by atoms with Gasteiger partial charge in [-0.2, -0.15) is 9.61 Å². The molecule has 0 saturated heterocycles. The molecule has 0 aliphatic rings. The highest BCUT2D eigenvalue weighted by molar-refractivity contribution is 7.19. The Hall–Kier alpha value is -1.95. The zero-order valence-corrected chi connectivity index (χ0v) is 10.9. The zero-order chi connectivity index (χ0) is 12.7. The van der Waals surface area contributed by atoms with Crippen molar-refractivity contribution in [2.75, 3.05) is 0 Å². The maximum atomic E-state index is 10.1. The van der Waals surface area contributed by atoms with Crippen LogP contribution in [-0.2, 0) is 6.42 Å². The first-order valence-electron chi connectivity index (χ1n) is 5.70. The van der Waals surface area contributed by atoms with E-state index in [-0.39, 0.29) is 5.75 Å². The first-order chi connectivity index (χ1) is 8.70. The molecule has 2 heterocycles. The number of aromatic hydroxyl groups is 1. The van der Waals surface area contributed by atoms with E-state index in [0.717, 1.165) is 33.3 Å². The van der Waals surface area contributed by atoms with E-state index in [9.17, 15) is 5.11 Å². The third-order valence-electron chi connectivity index (χ3n) is 2.84. The van der Waals surface area contributed by atoms with E-state index in [2.05, 4.69) is 15.3 Å². The van der Waals surface area contributed by atoms with Crippen molar-refractivity contribution in [2.45, 2.75) is 20.3 Å². The fourth-order valence-electron chi connectivity index (χ4n) is 1.82. The van der Waals surface area contributed by atoms with Gasteiger partial charge in [0.1, 0.15) is 5.75 Å². The van der Waals surface area contributed by atoms with Gasteiger partial charge in [0.25, 0.3) is 0 Å². The number of hydrogen-bond acceptors (Lipinski definition) is 5. The van der Waals surface area contributed by atoms with Crippen molar-refractivity contribution >= 4 is 16.3 Å². The van der Waals surface area contributed by atoms with Crippen LogP contribution in [0, 0.1) is 6.92 Å². The molecule has 3 rings (SSSR count). The predicted molar refractivity (Wildman–Crippen MR) is 69.9 cm³/mol. The highest BCUT2D eigenvalue weighted by Gasteiger charge is 2.14. The van der Waals surface area contributed by atoms with Crippen LogP contribution in [0.2, 0.25) is 0 Å². The number of para-hydroxylation sites is 1. The Morgan fingerprint density at radius 1 is 1.33 bits per heavy atom. The summed E-state index contributed by atoms with van der Waals surface area (Å²) in [5.74, 6) is 1.11. The maximum absolute atomic E-state index is 10.1. The van der Waals surface area contributed by atoms with E-state index < -0.39 is 0 Å². The van der Waals surface area contributed by atoms with Gasteiger partial charge in [0.2, 0.25) is 4.96 Å². The third kappa shape index (κ3) is 1.57. The third-order valence-corrected chi connectivity index (χ3v) is 3.77. The van der Waals surface area contributed by atoms with Crippen molar-refractivity contribution in [3.8, 4) is 16.3 Å². The van der Waals surface area contributed by atoms with Crippen LogP contribution in [-0.4, -0.2) is 24.9 Å². The van der Waals surface area contributed by atoms with E-state index >= 15 is 0 Å². The van der Waals surface area contributed by atoms with E-state index in [0.29, 0.717) is 0 Å². The Labute approximate surface area is 108 Å². The summed E-state index contributed by atoms with van der Waals surface area (Å²) in [5.41, 5.74) is 1.58. The lowest BCUT2D eigenvalue weighted by molar-refractivity contribution is 0.473. The highest BCUT2D eigenvalue weighted by atomic mass is 32.1. The molecule has 92 valence electrons. The van der Waals surface area contributed by atoms with Gasteiger partial charge in [0, 0.05) is 6.42 Å². The highest BCUT2D eigenvalue weighted by Crippen LogP contribution is 2.34. The fraction of sp³-hybridized carbons (Fsp3) is 0.250. The number of fused-ring (bicyclic) bond motifs is 1. The summed E-state index contributed by atoms with van der Waals surface area (Å²) in [6, 6.07) is 5.64. The topological polar surface area (TPSA) is 63.3 Å². The predicted octanol–water partition coefficient (Wildman–Crippen LogP) is 2.43. The normalized spacial score (nSPS) is 11.2. The number of phenolic OH excluding ortho intramolecular Hbond substituents is 1. The van der Waals surface area contributed by atoms with Gasteiger partial charge in [-0.1, -0.05) is 30.4 Å². The van der Waals surface area contributed by atoms with Crippen molar-refractivity contribution in [3.05, 3.63) is 29.6 Å². The number of benzene rings is 1. The van der Waals surface area contributed by atoms with Crippen molar-refractivity contribution in [3.63, 3.8) is 0 Å². The van der Waals surface area contributed by atoms with E-state index in [1.54, 1.807) is 4.52 Å². The molecule has 6 heteroatoms. The van der Waals surface area contributed by atoms with Gasteiger partial charge in [-0.05, 0) is 18.6 Å². The monoisotopic (exact) mass is 260 g/mol. The molecule has 18 heavy (non-hydrogen) atoms. The van der Waals surface area contributed by atoms with Gasteiger partial charge in [0.05, 0.1) is 5.56 Å². The van der Waals surface area contributed by atoms with Crippen molar-refractivity contribution < 1.29 is 5.11 Å². The quantitative estimate of drug-likeness (QED) is 0.768. The van der Waals surface area contributed by atoms with Crippen LogP contribution in [0.3, 0.4) is 0 Å². The van der Waals surface area contributed by atoms with Crippen molar-refractivity contribution in [1.29, 1.82) is 0 Å². The second-order valence-electron chi connectivity index (χ2n) is 4.04. The summed E-state index contributed by atoms with van der Waals surface area (Å²) in [4.78, 5) is 0.753. The average molecular weight is 260 g/mol. The second kappa shape index (κ2) is 4.06. The maximum Gasteiger partial charge on any atom is 0.234 e. The van der Waals surface area contributed by atoms with Gasteiger partial charge >= 0.3 is 0 Å². The molecule has 0 aliphatic carbocycles. The summed E-state index contributed by atoms with van der Waals surface area (Å²) in [7, 11) is 0. The van der Waals surface area contributed by atoms with E-state index in [4.69, 9.17) is 0 Å². The number of rotatable bonds is 2. The lowest BCUT2D eigenvalue weighted by Gasteiger charge is -2.02. The molecule has 0 saturated carbocycles. The Balaban J connectivity index is 2.19. The zero-order valence-electron chi connectivity index (χ0n) is 10.1. The summed E-state index contributed by atoms with van der Waals surface area (Å²) in [6.07, 6.45) is 0.782. The molecule has 1 N–H and O–H groups in total. The molecule has 0 unspecified atom stereocenters. The largest absolute Gasteiger partial charge is 0.507 e. The van der Waals surface area contributed by atoms with Crippen LogP contribution in [0.15, 0.2) is 18.2 Å².